The van der Waals surface area contributed by atoms with E-state index >= 15 is 0 Å². The van der Waals surface area contributed by atoms with E-state index < -0.39 is 0 Å². The lowest BCUT2D eigenvalue weighted by molar-refractivity contribution is 0.418. The van der Waals surface area contributed by atoms with Crippen LogP contribution in [0.5, 0.6) is 0 Å². The van der Waals surface area contributed by atoms with Gasteiger partial charge in [-0.15, -0.1) is 0 Å². The molecule has 1 aliphatic heterocycles. The van der Waals surface area contributed by atoms with Gasteiger partial charge in [0.2, 0.25) is 0 Å². The summed E-state index contributed by atoms with van der Waals surface area (Å²) in [6.45, 7) is 2.13. The first-order valence-corrected chi connectivity index (χ1v) is 10.1. The molecule has 1 atom stereocenters. The van der Waals surface area contributed by atoms with E-state index in [1.807, 2.05) is 0 Å². The van der Waals surface area contributed by atoms with E-state index in [1.54, 1.807) is 0 Å². The number of hydrogen-bond acceptors (Lipinski definition) is 2. The van der Waals surface area contributed by atoms with Gasteiger partial charge in [0.05, 0.1) is 17.4 Å². The lowest BCUT2D eigenvalue weighted by Gasteiger charge is -2.38. The van der Waals surface area contributed by atoms with Gasteiger partial charge in [-0.25, -0.2) is 0 Å². The summed E-state index contributed by atoms with van der Waals surface area (Å²) in [6, 6.07) is 24.2. The summed E-state index contributed by atoms with van der Waals surface area (Å²) < 4.78 is 0. The molecule has 3 aromatic carbocycles. The Labute approximate surface area is 172 Å². The van der Waals surface area contributed by atoms with Crippen molar-refractivity contribution < 1.29 is 0 Å². The predicted molar refractivity (Wildman–Crippen MR) is 123 cm³/mol. The number of aryl methyl sites for hydroxylation is 1. The molecule has 0 amide bonds. The molecule has 142 valence electrons. The monoisotopic (exact) mass is 376 g/mol. The molecule has 1 unspecified atom stereocenters. The zero-order valence-electron chi connectivity index (χ0n) is 16.8. The Bertz CT molecular complexity index is 1170. The second-order valence-corrected chi connectivity index (χ2v) is 7.68. The van der Waals surface area contributed by atoms with E-state index in [2.05, 4.69) is 127 Å². The first kappa shape index (κ1) is 17.6. The number of likely N-dealkylation sites (N-methyl/N-ethyl adjacent to an activating group) is 1. The molecule has 0 N–H and O–H groups in total. The minimum absolute atomic E-state index is 0.253. The van der Waals surface area contributed by atoms with Crippen molar-refractivity contribution in [2.45, 2.75) is 13.0 Å². The van der Waals surface area contributed by atoms with Crippen molar-refractivity contribution in [3.05, 3.63) is 120 Å². The second-order valence-electron chi connectivity index (χ2n) is 7.68. The van der Waals surface area contributed by atoms with Gasteiger partial charge in [0.25, 0.3) is 0 Å². The van der Waals surface area contributed by atoms with Crippen LogP contribution in [0.2, 0.25) is 0 Å². The van der Waals surface area contributed by atoms with Gasteiger partial charge in [0.1, 0.15) is 0 Å². The van der Waals surface area contributed by atoms with Crippen LogP contribution in [0.25, 0.3) is 10.8 Å². The van der Waals surface area contributed by atoms with Crippen molar-refractivity contribution in [3.63, 3.8) is 0 Å². The maximum atomic E-state index is 2.40. The highest BCUT2D eigenvalue weighted by Gasteiger charge is 2.28. The maximum Gasteiger partial charge on any atom is 0.0741 e. The number of anilines is 2. The molecule has 0 spiro atoms. The van der Waals surface area contributed by atoms with Gasteiger partial charge in [0.15, 0.2) is 0 Å². The molecule has 0 bridgehead atoms. The van der Waals surface area contributed by atoms with Crippen LogP contribution in [0.3, 0.4) is 0 Å². The fraction of sp³-hybridized carbons (Fsp3) is 0.111. The van der Waals surface area contributed by atoms with Gasteiger partial charge < -0.3 is 9.80 Å². The molecule has 1 heterocycles. The van der Waals surface area contributed by atoms with Crippen LogP contribution in [0.1, 0.15) is 5.56 Å². The van der Waals surface area contributed by atoms with Crippen LogP contribution in [0.15, 0.2) is 115 Å². The molecule has 5 rings (SSSR count). The molecular formula is C27H24N2. The van der Waals surface area contributed by atoms with Crippen LogP contribution in [0.4, 0.5) is 11.4 Å². The van der Waals surface area contributed by atoms with Gasteiger partial charge in [0, 0.05) is 23.7 Å². The third kappa shape index (κ3) is 3.07. The Balaban J connectivity index is 1.75. The fourth-order valence-corrected chi connectivity index (χ4v) is 4.23. The molecular weight excluding hydrogens is 352 g/mol. The normalized spacial score (nSPS) is 17.7. The van der Waals surface area contributed by atoms with Crippen molar-refractivity contribution in [3.8, 4) is 0 Å². The fourth-order valence-electron chi connectivity index (χ4n) is 4.23. The van der Waals surface area contributed by atoms with Crippen LogP contribution < -0.4 is 4.90 Å². The van der Waals surface area contributed by atoms with E-state index in [0.29, 0.717) is 0 Å². The molecule has 29 heavy (non-hydrogen) atoms. The highest BCUT2D eigenvalue weighted by molar-refractivity contribution is 5.97. The first-order valence-electron chi connectivity index (χ1n) is 10.1. The smallest absolute Gasteiger partial charge is 0.0741 e. The van der Waals surface area contributed by atoms with Gasteiger partial charge in [-0.3, -0.25) is 0 Å². The number of nitrogens with zero attached hydrogens (tertiary/aromatic N) is 2. The summed E-state index contributed by atoms with van der Waals surface area (Å²) in [6.07, 6.45) is 13.2. The van der Waals surface area contributed by atoms with Crippen LogP contribution in [-0.2, 0) is 0 Å². The van der Waals surface area contributed by atoms with Crippen molar-refractivity contribution in [1.82, 2.24) is 4.90 Å². The molecule has 2 nitrogen and oxygen atoms in total. The summed E-state index contributed by atoms with van der Waals surface area (Å²) in [4.78, 5) is 4.66. The molecule has 2 heteroatoms. The Morgan fingerprint density at radius 3 is 2.48 bits per heavy atom. The zero-order chi connectivity index (χ0) is 19.8. The predicted octanol–water partition coefficient (Wildman–Crippen LogP) is 6.49. The van der Waals surface area contributed by atoms with Crippen LogP contribution >= 0.6 is 0 Å². The topological polar surface area (TPSA) is 6.48 Å². The SMILES string of the molecule is Cc1ccc(N(C2=CC=CC3C2=CC=CN3C)c2cccc3ccccc23)cc1. The molecule has 0 aromatic heterocycles. The molecule has 3 aromatic rings. The molecule has 0 saturated heterocycles. The quantitative estimate of drug-likeness (QED) is 0.515. The second kappa shape index (κ2) is 7.14. The van der Waals surface area contributed by atoms with Crippen molar-refractivity contribution in [2.75, 3.05) is 11.9 Å². The van der Waals surface area contributed by atoms with Gasteiger partial charge >= 0.3 is 0 Å². The summed E-state index contributed by atoms with van der Waals surface area (Å²) >= 11 is 0. The average Bonchev–Trinajstić information content (AvgIpc) is 2.76. The van der Waals surface area contributed by atoms with E-state index in [9.17, 15) is 0 Å². The Morgan fingerprint density at radius 1 is 0.828 bits per heavy atom. The van der Waals surface area contributed by atoms with Crippen molar-refractivity contribution in [2.24, 2.45) is 0 Å². The van der Waals surface area contributed by atoms with E-state index in [-0.39, 0.29) is 6.04 Å². The number of hydrogen-bond donors (Lipinski definition) is 0. The number of rotatable bonds is 3. The van der Waals surface area contributed by atoms with E-state index in [4.69, 9.17) is 0 Å². The number of allylic oxidation sites excluding steroid dienone is 4. The Kier molecular flexibility index (Phi) is 4.33. The Morgan fingerprint density at radius 2 is 1.62 bits per heavy atom. The van der Waals surface area contributed by atoms with Crippen molar-refractivity contribution in [1.29, 1.82) is 0 Å². The summed E-state index contributed by atoms with van der Waals surface area (Å²) in [5.74, 6) is 0. The largest absolute Gasteiger partial charge is 0.370 e. The van der Waals surface area contributed by atoms with E-state index in [1.165, 1.54) is 39.0 Å². The average molecular weight is 377 g/mol. The third-order valence-corrected chi connectivity index (χ3v) is 5.74. The lowest BCUT2D eigenvalue weighted by atomic mass is 9.93. The zero-order valence-corrected chi connectivity index (χ0v) is 16.8. The standard InChI is InChI=1S/C27H24N2/c1-20-15-17-22(18-16-20)29(26-13-5-9-21-8-3-4-10-23(21)26)27-14-6-12-25-24(27)11-7-19-28(25)2/h3-19,25H,1-2H3. The molecule has 0 fully saturated rings. The Hall–Kier alpha value is -3.52. The number of benzene rings is 3. The summed E-state index contributed by atoms with van der Waals surface area (Å²) in [5, 5.41) is 2.50. The number of fused-ring (bicyclic) bond motifs is 2. The third-order valence-electron chi connectivity index (χ3n) is 5.74. The highest BCUT2D eigenvalue weighted by atomic mass is 15.2. The molecule has 0 radical (unpaired) electrons. The van der Waals surface area contributed by atoms with Crippen LogP contribution in [0, 0.1) is 6.92 Å². The minimum atomic E-state index is 0.253. The van der Waals surface area contributed by atoms with E-state index in [0.717, 1.165) is 0 Å². The van der Waals surface area contributed by atoms with Gasteiger partial charge in [-0.2, -0.15) is 0 Å². The summed E-state index contributed by atoms with van der Waals surface area (Å²) in [5.41, 5.74) is 6.16. The molecule has 0 saturated carbocycles. The molecule has 1 aliphatic carbocycles. The first-order chi connectivity index (χ1) is 14.2. The lowest BCUT2D eigenvalue weighted by Crippen LogP contribution is -2.34. The van der Waals surface area contributed by atoms with Crippen molar-refractivity contribution >= 4 is 22.1 Å². The summed E-state index contributed by atoms with van der Waals surface area (Å²) in [7, 11) is 2.13. The van der Waals surface area contributed by atoms with Gasteiger partial charge in [-0.05, 0) is 48.9 Å². The van der Waals surface area contributed by atoms with Crippen LogP contribution in [-0.4, -0.2) is 18.0 Å². The minimum Gasteiger partial charge on any atom is -0.370 e. The van der Waals surface area contributed by atoms with Gasteiger partial charge in [-0.1, -0.05) is 72.3 Å². The molecule has 2 aliphatic rings. The highest BCUT2D eigenvalue weighted by Crippen LogP contribution is 2.40. The maximum absolute atomic E-state index is 2.40.